The van der Waals surface area contributed by atoms with Crippen LogP contribution in [0.1, 0.15) is 12.0 Å². The van der Waals surface area contributed by atoms with Gasteiger partial charge in [0.25, 0.3) is 0 Å². The molecular formula is C23H24N2OS. The van der Waals surface area contributed by atoms with Crippen LogP contribution in [0.4, 0.5) is 5.69 Å². The maximum atomic E-state index is 5.54. The van der Waals surface area contributed by atoms with Crippen LogP contribution in [0.5, 0.6) is 5.75 Å². The lowest BCUT2D eigenvalue weighted by Gasteiger charge is -2.12. The van der Waals surface area contributed by atoms with Crippen molar-refractivity contribution in [1.82, 2.24) is 5.32 Å². The minimum absolute atomic E-state index is 0.486. The molecule has 27 heavy (non-hydrogen) atoms. The SMILES string of the molecule is C=CCOc1cccc(NC(=S)NCCCc2cccc3ccccc23)c1. The van der Waals surface area contributed by atoms with E-state index in [4.69, 9.17) is 17.0 Å². The fraction of sp³-hybridized carbons (Fsp3) is 0.174. The molecule has 0 radical (unpaired) electrons. The summed E-state index contributed by atoms with van der Waals surface area (Å²) in [5.74, 6) is 0.790. The molecule has 138 valence electrons. The normalized spacial score (nSPS) is 10.4. The lowest BCUT2D eigenvalue weighted by Crippen LogP contribution is -2.29. The molecule has 3 nitrogen and oxygen atoms in total. The molecule has 0 aliphatic rings. The fourth-order valence-corrected chi connectivity index (χ4v) is 3.21. The first-order chi connectivity index (χ1) is 13.3. The summed E-state index contributed by atoms with van der Waals surface area (Å²) in [6.45, 7) is 4.96. The Hall–Kier alpha value is -2.85. The van der Waals surface area contributed by atoms with Crippen LogP contribution in [-0.2, 0) is 6.42 Å². The van der Waals surface area contributed by atoms with E-state index in [-0.39, 0.29) is 0 Å². The quantitative estimate of drug-likeness (QED) is 0.316. The summed E-state index contributed by atoms with van der Waals surface area (Å²) in [5.41, 5.74) is 2.28. The zero-order chi connectivity index (χ0) is 18.9. The van der Waals surface area contributed by atoms with Crippen molar-refractivity contribution < 1.29 is 4.74 Å². The molecule has 0 atom stereocenters. The van der Waals surface area contributed by atoms with Gasteiger partial charge in [0.15, 0.2) is 5.11 Å². The average Bonchev–Trinajstić information content (AvgIpc) is 2.70. The number of thiocarbonyl (C=S) groups is 1. The number of ether oxygens (including phenoxy) is 1. The van der Waals surface area contributed by atoms with Crippen LogP contribution >= 0.6 is 12.2 Å². The molecule has 0 aliphatic carbocycles. The average molecular weight is 377 g/mol. The predicted molar refractivity (Wildman–Crippen MR) is 119 cm³/mol. The van der Waals surface area contributed by atoms with Crippen LogP contribution < -0.4 is 15.4 Å². The molecule has 0 saturated heterocycles. The van der Waals surface area contributed by atoms with Crippen molar-refractivity contribution in [1.29, 1.82) is 0 Å². The van der Waals surface area contributed by atoms with Gasteiger partial charge in [-0.15, -0.1) is 0 Å². The van der Waals surface area contributed by atoms with Gasteiger partial charge in [0, 0.05) is 18.3 Å². The van der Waals surface area contributed by atoms with Crippen molar-refractivity contribution in [2.24, 2.45) is 0 Å². The summed E-state index contributed by atoms with van der Waals surface area (Å²) in [7, 11) is 0. The Bertz CT molecular complexity index is 918. The second-order valence-corrected chi connectivity index (χ2v) is 6.66. The molecule has 3 aromatic rings. The summed E-state index contributed by atoms with van der Waals surface area (Å²) in [5, 5.41) is 9.72. The Morgan fingerprint density at radius 3 is 2.74 bits per heavy atom. The third kappa shape index (κ3) is 5.56. The van der Waals surface area contributed by atoms with E-state index in [0.717, 1.165) is 30.8 Å². The topological polar surface area (TPSA) is 33.3 Å². The zero-order valence-electron chi connectivity index (χ0n) is 15.3. The van der Waals surface area contributed by atoms with Gasteiger partial charge in [-0.2, -0.15) is 0 Å². The first-order valence-corrected chi connectivity index (χ1v) is 9.52. The van der Waals surface area contributed by atoms with E-state index in [0.29, 0.717) is 11.7 Å². The Labute approximate surface area is 166 Å². The van der Waals surface area contributed by atoms with Crippen molar-refractivity contribution in [2.45, 2.75) is 12.8 Å². The maximum Gasteiger partial charge on any atom is 0.170 e. The summed E-state index contributed by atoms with van der Waals surface area (Å²) in [6, 6.07) is 22.7. The van der Waals surface area contributed by atoms with Crippen LogP contribution in [0, 0.1) is 0 Å². The molecule has 3 aromatic carbocycles. The third-order valence-corrected chi connectivity index (χ3v) is 4.49. The van der Waals surface area contributed by atoms with E-state index in [1.54, 1.807) is 6.08 Å². The number of aryl methyl sites for hydroxylation is 1. The summed E-state index contributed by atoms with van der Waals surface area (Å²) in [6.07, 6.45) is 3.75. The van der Waals surface area contributed by atoms with E-state index in [1.165, 1.54) is 16.3 Å². The molecule has 0 amide bonds. The highest BCUT2D eigenvalue weighted by molar-refractivity contribution is 7.80. The summed E-state index contributed by atoms with van der Waals surface area (Å²) < 4.78 is 5.54. The van der Waals surface area contributed by atoms with Gasteiger partial charge < -0.3 is 15.4 Å². The molecule has 3 rings (SSSR count). The minimum Gasteiger partial charge on any atom is -0.489 e. The third-order valence-electron chi connectivity index (χ3n) is 4.25. The Kier molecular flexibility index (Phi) is 6.83. The van der Waals surface area contributed by atoms with E-state index in [2.05, 4.69) is 59.7 Å². The van der Waals surface area contributed by atoms with Crippen LogP contribution in [0.2, 0.25) is 0 Å². The van der Waals surface area contributed by atoms with Gasteiger partial charge in [0.05, 0.1) is 0 Å². The number of benzene rings is 3. The van der Waals surface area contributed by atoms with Crippen molar-refractivity contribution in [2.75, 3.05) is 18.5 Å². The molecule has 0 heterocycles. The molecule has 0 aliphatic heterocycles. The first-order valence-electron chi connectivity index (χ1n) is 9.11. The second kappa shape index (κ2) is 9.74. The molecule has 2 N–H and O–H groups in total. The zero-order valence-corrected chi connectivity index (χ0v) is 16.1. The highest BCUT2D eigenvalue weighted by Crippen LogP contribution is 2.20. The smallest absolute Gasteiger partial charge is 0.170 e. The largest absolute Gasteiger partial charge is 0.489 e. The molecule has 0 unspecified atom stereocenters. The van der Waals surface area contributed by atoms with E-state index < -0.39 is 0 Å². The highest BCUT2D eigenvalue weighted by atomic mass is 32.1. The highest BCUT2D eigenvalue weighted by Gasteiger charge is 2.02. The lowest BCUT2D eigenvalue weighted by molar-refractivity contribution is 0.363. The van der Waals surface area contributed by atoms with Gasteiger partial charge in [-0.25, -0.2) is 0 Å². The fourth-order valence-electron chi connectivity index (χ4n) is 2.99. The van der Waals surface area contributed by atoms with E-state index >= 15 is 0 Å². The van der Waals surface area contributed by atoms with E-state index in [1.807, 2.05) is 24.3 Å². The first kappa shape index (κ1) is 18.9. The van der Waals surface area contributed by atoms with Crippen molar-refractivity contribution in [3.8, 4) is 5.75 Å². The van der Waals surface area contributed by atoms with Gasteiger partial charge in [-0.05, 0) is 53.5 Å². The monoisotopic (exact) mass is 376 g/mol. The van der Waals surface area contributed by atoms with Crippen LogP contribution in [0.3, 0.4) is 0 Å². The van der Waals surface area contributed by atoms with Gasteiger partial charge >= 0.3 is 0 Å². The Morgan fingerprint density at radius 2 is 1.85 bits per heavy atom. The number of hydrogen-bond donors (Lipinski definition) is 2. The van der Waals surface area contributed by atoms with Gasteiger partial charge in [-0.3, -0.25) is 0 Å². The standard InChI is InChI=1S/C23H24N2OS/c1-2-16-26-21-13-6-12-20(17-21)25-23(27)24-15-7-11-19-10-5-9-18-8-3-4-14-22(18)19/h2-6,8-10,12-14,17H,1,7,11,15-16H2,(H2,24,25,27). The number of nitrogens with one attached hydrogen (secondary N) is 2. The van der Waals surface area contributed by atoms with Gasteiger partial charge in [0.1, 0.15) is 12.4 Å². The molecule has 0 bridgehead atoms. The van der Waals surface area contributed by atoms with Gasteiger partial charge in [0.2, 0.25) is 0 Å². The summed E-state index contributed by atoms with van der Waals surface area (Å²) in [4.78, 5) is 0. The molecule has 0 fully saturated rings. The summed E-state index contributed by atoms with van der Waals surface area (Å²) >= 11 is 5.39. The Balaban J connectivity index is 1.46. The second-order valence-electron chi connectivity index (χ2n) is 6.25. The predicted octanol–water partition coefficient (Wildman–Crippen LogP) is 5.32. The number of rotatable bonds is 8. The lowest BCUT2D eigenvalue weighted by atomic mass is 10.0. The van der Waals surface area contributed by atoms with Crippen molar-refractivity contribution in [3.05, 3.63) is 84.9 Å². The molecule has 0 saturated carbocycles. The van der Waals surface area contributed by atoms with Gasteiger partial charge in [-0.1, -0.05) is 61.2 Å². The molecule has 4 heteroatoms. The number of fused-ring (bicyclic) bond motifs is 1. The molecular weight excluding hydrogens is 352 g/mol. The maximum absolute atomic E-state index is 5.54. The van der Waals surface area contributed by atoms with Crippen LogP contribution in [0.25, 0.3) is 10.8 Å². The van der Waals surface area contributed by atoms with Crippen LogP contribution in [0.15, 0.2) is 79.4 Å². The number of anilines is 1. The molecule has 0 spiro atoms. The molecule has 0 aromatic heterocycles. The van der Waals surface area contributed by atoms with Crippen molar-refractivity contribution >= 4 is 33.8 Å². The van der Waals surface area contributed by atoms with Crippen LogP contribution in [-0.4, -0.2) is 18.3 Å². The van der Waals surface area contributed by atoms with Crippen molar-refractivity contribution in [3.63, 3.8) is 0 Å². The number of hydrogen-bond acceptors (Lipinski definition) is 2. The van der Waals surface area contributed by atoms with E-state index in [9.17, 15) is 0 Å². The Morgan fingerprint density at radius 1 is 1.04 bits per heavy atom. The minimum atomic E-state index is 0.486.